The van der Waals surface area contributed by atoms with E-state index in [1.807, 2.05) is 0 Å². The SMILES string of the molecule is Cc1cc(C(F)(F)F)ccc1-c1cn2c(C(F)(F)F)nnc2cn1. The highest BCUT2D eigenvalue weighted by atomic mass is 19.4. The van der Waals surface area contributed by atoms with Crippen LogP contribution < -0.4 is 0 Å². The van der Waals surface area contributed by atoms with Crippen molar-refractivity contribution < 1.29 is 26.3 Å². The molecule has 0 bridgehead atoms. The lowest BCUT2D eigenvalue weighted by Crippen LogP contribution is -2.11. The highest BCUT2D eigenvalue weighted by Gasteiger charge is 2.37. The van der Waals surface area contributed by atoms with Crippen LogP contribution in [0.3, 0.4) is 0 Å². The standard InChI is InChI=1S/C14H8F6N4/c1-7-4-8(13(15,16)17)2-3-9(7)10-6-24-11(5-21-10)22-23-12(24)14(18,19)20/h2-6H,1H3. The Kier molecular flexibility index (Phi) is 3.50. The Morgan fingerprint density at radius 1 is 0.958 bits per heavy atom. The smallest absolute Gasteiger partial charge is 0.275 e. The van der Waals surface area contributed by atoms with Crippen LogP contribution in [-0.4, -0.2) is 19.6 Å². The first-order valence-corrected chi connectivity index (χ1v) is 6.53. The zero-order chi connectivity index (χ0) is 17.7. The van der Waals surface area contributed by atoms with Gasteiger partial charge in [0.15, 0.2) is 5.65 Å². The monoisotopic (exact) mass is 346 g/mol. The van der Waals surface area contributed by atoms with E-state index >= 15 is 0 Å². The predicted molar refractivity (Wildman–Crippen MR) is 71.0 cm³/mol. The maximum absolute atomic E-state index is 12.9. The second-order valence-electron chi connectivity index (χ2n) is 5.05. The van der Waals surface area contributed by atoms with Gasteiger partial charge in [0.1, 0.15) is 0 Å². The summed E-state index contributed by atoms with van der Waals surface area (Å²) in [6.07, 6.45) is -7.09. The van der Waals surface area contributed by atoms with Gasteiger partial charge in [0.2, 0.25) is 5.82 Å². The molecular formula is C14H8F6N4. The number of benzene rings is 1. The predicted octanol–water partition coefficient (Wildman–Crippen LogP) is 4.14. The number of hydrogen-bond acceptors (Lipinski definition) is 3. The normalized spacial score (nSPS) is 12.8. The summed E-state index contributed by atoms with van der Waals surface area (Å²) in [5.41, 5.74) is -0.357. The zero-order valence-electron chi connectivity index (χ0n) is 11.9. The third-order valence-corrected chi connectivity index (χ3v) is 3.38. The van der Waals surface area contributed by atoms with Crippen molar-refractivity contribution in [2.75, 3.05) is 0 Å². The molecule has 10 heteroatoms. The van der Waals surface area contributed by atoms with E-state index < -0.39 is 23.7 Å². The summed E-state index contributed by atoms with van der Waals surface area (Å²) >= 11 is 0. The zero-order valence-corrected chi connectivity index (χ0v) is 11.9. The number of alkyl halides is 6. The first kappa shape index (κ1) is 16.2. The molecule has 2 heterocycles. The Labute approximate surface area is 130 Å². The number of fused-ring (bicyclic) bond motifs is 1. The van der Waals surface area contributed by atoms with Crippen molar-refractivity contribution in [3.05, 3.63) is 47.5 Å². The van der Waals surface area contributed by atoms with Gasteiger partial charge in [-0.15, -0.1) is 10.2 Å². The molecule has 0 aliphatic rings. The van der Waals surface area contributed by atoms with Crippen LogP contribution in [0.2, 0.25) is 0 Å². The van der Waals surface area contributed by atoms with E-state index in [0.717, 1.165) is 24.5 Å². The van der Waals surface area contributed by atoms with E-state index in [1.54, 1.807) is 0 Å². The molecule has 0 saturated carbocycles. The molecular weight excluding hydrogens is 338 g/mol. The van der Waals surface area contributed by atoms with Crippen LogP contribution >= 0.6 is 0 Å². The van der Waals surface area contributed by atoms with Crippen molar-refractivity contribution in [3.8, 4) is 11.3 Å². The molecule has 24 heavy (non-hydrogen) atoms. The van der Waals surface area contributed by atoms with Crippen molar-refractivity contribution in [3.63, 3.8) is 0 Å². The second kappa shape index (κ2) is 5.18. The molecule has 0 aliphatic heterocycles. The van der Waals surface area contributed by atoms with Crippen LogP contribution in [-0.2, 0) is 12.4 Å². The molecule has 0 unspecified atom stereocenters. The van der Waals surface area contributed by atoms with E-state index in [2.05, 4.69) is 15.2 Å². The minimum Gasteiger partial charge on any atom is -0.275 e. The van der Waals surface area contributed by atoms with E-state index in [9.17, 15) is 26.3 Å². The first-order valence-electron chi connectivity index (χ1n) is 6.53. The molecule has 0 N–H and O–H groups in total. The quantitative estimate of drug-likeness (QED) is 0.622. The highest BCUT2D eigenvalue weighted by molar-refractivity contribution is 5.64. The minimum atomic E-state index is -4.72. The van der Waals surface area contributed by atoms with E-state index in [-0.39, 0.29) is 22.5 Å². The number of aromatic nitrogens is 4. The molecule has 1 aromatic carbocycles. The van der Waals surface area contributed by atoms with Gasteiger partial charge in [0, 0.05) is 11.8 Å². The maximum atomic E-state index is 12.9. The molecule has 0 spiro atoms. The number of nitrogens with zero attached hydrogens (tertiary/aromatic N) is 4. The molecule has 3 aromatic rings. The lowest BCUT2D eigenvalue weighted by molar-refractivity contribution is -0.145. The van der Waals surface area contributed by atoms with Gasteiger partial charge in [-0.2, -0.15) is 26.3 Å². The fourth-order valence-corrected chi connectivity index (χ4v) is 2.26. The Bertz CT molecular complexity index is 910. The average Bonchev–Trinajstić information content (AvgIpc) is 2.89. The maximum Gasteiger partial charge on any atom is 0.452 e. The van der Waals surface area contributed by atoms with Gasteiger partial charge in [-0.3, -0.25) is 9.38 Å². The van der Waals surface area contributed by atoms with Gasteiger partial charge in [-0.1, -0.05) is 6.07 Å². The number of aryl methyl sites for hydroxylation is 1. The summed E-state index contributed by atoms with van der Waals surface area (Å²) in [5.74, 6) is -1.23. The molecule has 2 aromatic heterocycles. The Hall–Kier alpha value is -2.65. The van der Waals surface area contributed by atoms with Crippen LogP contribution in [0.25, 0.3) is 16.9 Å². The topological polar surface area (TPSA) is 43.1 Å². The molecule has 0 aliphatic carbocycles. The van der Waals surface area contributed by atoms with Gasteiger partial charge in [-0.05, 0) is 24.6 Å². The molecule has 0 fully saturated rings. The molecule has 0 atom stereocenters. The van der Waals surface area contributed by atoms with Crippen LogP contribution in [0.5, 0.6) is 0 Å². The van der Waals surface area contributed by atoms with E-state index in [1.165, 1.54) is 13.0 Å². The largest absolute Gasteiger partial charge is 0.452 e. The summed E-state index contributed by atoms with van der Waals surface area (Å²) in [4.78, 5) is 3.95. The third kappa shape index (κ3) is 2.79. The Balaban J connectivity index is 2.13. The van der Waals surface area contributed by atoms with Crippen molar-refractivity contribution in [1.29, 1.82) is 0 Å². The van der Waals surface area contributed by atoms with Gasteiger partial charge in [0.25, 0.3) is 0 Å². The summed E-state index contributed by atoms with van der Waals surface area (Å²) in [7, 11) is 0. The lowest BCUT2D eigenvalue weighted by atomic mass is 10.0. The first-order chi connectivity index (χ1) is 11.1. The van der Waals surface area contributed by atoms with Crippen LogP contribution in [0.1, 0.15) is 17.0 Å². The van der Waals surface area contributed by atoms with Gasteiger partial charge >= 0.3 is 12.4 Å². The van der Waals surface area contributed by atoms with Gasteiger partial charge in [0.05, 0.1) is 17.5 Å². The van der Waals surface area contributed by atoms with Gasteiger partial charge < -0.3 is 0 Å². The van der Waals surface area contributed by atoms with E-state index in [0.29, 0.717) is 4.40 Å². The summed E-state index contributed by atoms with van der Waals surface area (Å²) in [6.45, 7) is 1.42. The molecule has 126 valence electrons. The fraction of sp³-hybridized carbons (Fsp3) is 0.214. The van der Waals surface area contributed by atoms with Crippen molar-refractivity contribution in [2.24, 2.45) is 0 Å². The third-order valence-electron chi connectivity index (χ3n) is 3.38. The van der Waals surface area contributed by atoms with Crippen LogP contribution in [0.15, 0.2) is 30.6 Å². The Morgan fingerprint density at radius 2 is 1.67 bits per heavy atom. The average molecular weight is 346 g/mol. The highest BCUT2D eigenvalue weighted by Crippen LogP contribution is 2.33. The minimum absolute atomic E-state index is 0.0824. The van der Waals surface area contributed by atoms with Crippen LogP contribution in [0, 0.1) is 6.92 Å². The van der Waals surface area contributed by atoms with Crippen molar-refractivity contribution in [2.45, 2.75) is 19.3 Å². The summed E-state index contributed by atoms with van der Waals surface area (Å²) in [5, 5.41) is 6.44. The van der Waals surface area contributed by atoms with Crippen LogP contribution in [0.4, 0.5) is 26.3 Å². The summed E-state index contributed by atoms with van der Waals surface area (Å²) < 4.78 is 77.4. The number of rotatable bonds is 1. The lowest BCUT2D eigenvalue weighted by Gasteiger charge is -2.11. The number of halogens is 6. The van der Waals surface area contributed by atoms with E-state index in [4.69, 9.17) is 0 Å². The van der Waals surface area contributed by atoms with Crippen molar-refractivity contribution in [1.82, 2.24) is 19.6 Å². The molecule has 3 rings (SSSR count). The second-order valence-corrected chi connectivity index (χ2v) is 5.05. The van der Waals surface area contributed by atoms with Crippen molar-refractivity contribution >= 4 is 5.65 Å². The molecule has 4 nitrogen and oxygen atoms in total. The molecule has 0 radical (unpaired) electrons. The number of hydrogen-bond donors (Lipinski definition) is 0. The molecule has 0 saturated heterocycles. The molecule has 0 amide bonds. The summed E-state index contributed by atoms with van der Waals surface area (Å²) in [6, 6.07) is 2.94. The van der Waals surface area contributed by atoms with Gasteiger partial charge in [-0.25, -0.2) is 0 Å². The fourth-order valence-electron chi connectivity index (χ4n) is 2.26. The Morgan fingerprint density at radius 3 is 2.25 bits per heavy atom.